The zero-order valence-electron chi connectivity index (χ0n) is 7.71. The van der Waals surface area contributed by atoms with Crippen molar-refractivity contribution in [3.63, 3.8) is 0 Å². The van der Waals surface area contributed by atoms with Crippen molar-refractivity contribution >= 4 is 5.78 Å². The third kappa shape index (κ3) is 2.18. The molecule has 1 atom stereocenters. The molecule has 0 saturated carbocycles. The first-order chi connectivity index (χ1) is 5.52. The predicted octanol–water partition coefficient (Wildman–Crippen LogP) is 1.68. The van der Waals surface area contributed by atoms with Gasteiger partial charge in [0.1, 0.15) is 5.60 Å². The van der Waals surface area contributed by atoms with Gasteiger partial charge in [0.2, 0.25) is 0 Å². The summed E-state index contributed by atoms with van der Waals surface area (Å²) in [5, 5.41) is 9.46. The van der Waals surface area contributed by atoms with Crippen molar-refractivity contribution in [1.82, 2.24) is 0 Å². The van der Waals surface area contributed by atoms with Gasteiger partial charge in [-0.1, -0.05) is 12.2 Å². The maximum absolute atomic E-state index is 11.5. The van der Waals surface area contributed by atoms with Crippen molar-refractivity contribution in [1.29, 1.82) is 0 Å². The van der Waals surface area contributed by atoms with E-state index in [1.165, 1.54) is 0 Å². The summed E-state index contributed by atoms with van der Waals surface area (Å²) in [6.45, 7) is 3.13. The molecule has 0 spiro atoms. The number of carbonyl (C=O) groups excluding carboxylic acids is 1. The Labute approximate surface area is 73.3 Å². The van der Waals surface area contributed by atoms with Crippen LogP contribution in [0.1, 0.15) is 33.1 Å². The van der Waals surface area contributed by atoms with E-state index in [4.69, 9.17) is 0 Å². The van der Waals surface area contributed by atoms with Crippen LogP contribution in [0.3, 0.4) is 0 Å². The Morgan fingerprint density at radius 3 is 2.58 bits per heavy atom. The van der Waals surface area contributed by atoms with Gasteiger partial charge in [-0.15, -0.1) is 0 Å². The molecule has 0 radical (unpaired) electrons. The number of rotatable bonds is 2. The van der Waals surface area contributed by atoms with Gasteiger partial charge in [0.15, 0.2) is 5.78 Å². The number of allylic oxidation sites excluding steroid dienone is 2. The minimum atomic E-state index is -1.16. The third-order valence-corrected chi connectivity index (χ3v) is 2.24. The molecule has 0 aromatic carbocycles. The number of ketones is 1. The molecule has 0 aromatic heterocycles. The second-order valence-electron chi connectivity index (χ2n) is 3.90. The van der Waals surface area contributed by atoms with Crippen molar-refractivity contribution in [3.05, 3.63) is 12.2 Å². The summed E-state index contributed by atoms with van der Waals surface area (Å²) in [5.41, 5.74) is -1.16. The van der Waals surface area contributed by atoms with Crippen molar-refractivity contribution in [2.45, 2.75) is 38.7 Å². The SMILES string of the molecule is CC(C)(O)C(=O)[C@@H]1CC=CCC1. The lowest BCUT2D eigenvalue weighted by Crippen LogP contribution is -2.37. The lowest BCUT2D eigenvalue weighted by molar-refractivity contribution is -0.138. The van der Waals surface area contributed by atoms with Gasteiger partial charge < -0.3 is 5.11 Å². The van der Waals surface area contributed by atoms with Crippen LogP contribution in [-0.2, 0) is 4.79 Å². The Morgan fingerprint density at radius 2 is 2.17 bits per heavy atom. The van der Waals surface area contributed by atoms with Gasteiger partial charge in [-0.05, 0) is 33.1 Å². The van der Waals surface area contributed by atoms with E-state index in [9.17, 15) is 9.90 Å². The van der Waals surface area contributed by atoms with E-state index in [1.807, 2.05) is 6.08 Å². The Morgan fingerprint density at radius 1 is 1.50 bits per heavy atom. The first-order valence-corrected chi connectivity index (χ1v) is 4.43. The number of hydrogen-bond acceptors (Lipinski definition) is 2. The second kappa shape index (κ2) is 3.40. The lowest BCUT2D eigenvalue weighted by atomic mass is 9.84. The van der Waals surface area contributed by atoms with Gasteiger partial charge in [0, 0.05) is 5.92 Å². The van der Waals surface area contributed by atoms with Gasteiger partial charge in [0.05, 0.1) is 0 Å². The molecule has 0 heterocycles. The third-order valence-electron chi connectivity index (χ3n) is 2.24. The molecule has 0 fully saturated rings. The number of hydrogen-bond donors (Lipinski definition) is 1. The van der Waals surface area contributed by atoms with Crippen LogP contribution >= 0.6 is 0 Å². The highest BCUT2D eigenvalue weighted by molar-refractivity contribution is 5.88. The molecule has 0 saturated heterocycles. The van der Waals surface area contributed by atoms with Crippen molar-refractivity contribution in [3.8, 4) is 0 Å². The number of Topliss-reactive ketones (excluding diaryl/α,β-unsaturated/α-hetero) is 1. The van der Waals surface area contributed by atoms with E-state index < -0.39 is 5.60 Å². The van der Waals surface area contributed by atoms with Crippen LogP contribution < -0.4 is 0 Å². The fourth-order valence-corrected chi connectivity index (χ4v) is 1.53. The summed E-state index contributed by atoms with van der Waals surface area (Å²) >= 11 is 0. The van der Waals surface area contributed by atoms with Crippen LogP contribution in [-0.4, -0.2) is 16.5 Å². The Bertz CT molecular complexity index is 198. The maximum atomic E-state index is 11.5. The van der Waals surface area contributed by atoms with Gasteiger partial charge in [-0.3, -0.25) is 4.79 Å². The van der Waals surface area contributed by atoms with Crippen LogP contribution in [0.15, 0.2) is 12.2 Å². The monoisotopic (exact) mass is 168 g/mol. The number of carbonyl (C=O) groups is 1. The smallest absolute Gasteiger partial charge is 0.167 e. The molecule has 1 aliphatic carbocycles. The fourth-order valence-electron chi connectivity index (χ4n) is 1.53. The van der Waals surface area contributed by atoms with Gasteiger partial charge in [-0.25, -0.2) is 0 Å². The summed E-state index contributed by atoms with van der Waals surface area (Å²) in [7, 11) is 0. The van der Waals surface area contributed by atoms with Crippen LogP contribution in [0, 0.1) is 5.92 Å². The largest absolute Gasteiger partial charge is 0.383 e. The molecule has 1 rings (SSSR count). The van der Waals surface area contributed by atoms with Crippen LogP contribution in [0.2, 0.25) is 0 Å². The first-order valence-electron chi connectivity index (χ1n) is 4.43. The molecular formula is C10H16O2. The van der Waals surface area contributed by atoms with Crippen molar-refractivity contribution in [2.24, 2.45) is 5.92 Å². The number of aliphatic hydroxyl groups is 1. The van der Waals surface area contributed by atoms with E-state index in [0.717, 1.165) is 19.3 Å². The average molecular weight is 168 g/mol. The molecule has 0 aliphatic heterocycles. The van der Waals surface area contributed by atoms with Crippen LogP contribution in [0.25, 0.3) is 0 Å². The van der Waals surface area contributed by atoms with E-state index in [-0.39, 0.29) is 11.7 Å². The topological polar surface area (TPSA) is 37.3 Å². The Kier molecular flexibility index (Phi) is 2.68. The molecule has 2 heteroatoms. The van der Waals surface area contributed by atoms with Gasteiger partial charge in [0.25, 0.3) is 0 Å². The molecule has 2 nitrogen and oxygen atoms in total. The Hall–Kier alpha value is -0.630. The second-order valence-corrected chi connectivity index (χ2v) is 3.90. The summed E-state index contributed by atoms with van der Waals surface area (Å²) in [6, 6.07) is 0. The highest BCUT2D eigenvalue weighted by Gasteiger charge is 2.30. The summed E-state index contributed by atoms with van der Waals surface area (Å²) < 4.78 is 0. The van der Waals surface area contributed by atoms with E-state index in [2.05, 4.69) is 6.08 Å². The van der Waals surface area contributed by atoms with E-state index >= 15 is 0 Å². The molecule has 0 unspecified atom stereocenters. The minimum absolute atomic E-state index is 0.0214. The molecule has 68 valence electrons. The Balaban J connectivity index is 2.59. The predicted molar refractivity (Wildman–Crippen MR) is 47.8 cm³/mol. The standard InChI is InChI=1S/C10H16O2/c1-10(2,12)9(11)8-6-4-3-5-7-8/h3-4,8,12H,5-7H2,1-2H3/t8-/m1/s1. The van der Waals surface area contributed by atoms with Gasteiger partial charge in [-0.2, -0.15) is 0 Å². The average Bonchev–Trinajstić information content (AvgIpc) is 2.03. The highest BCUT2D eigenvalue weighted by atomic mass is 16.3. The van der Waals surface area contributed by atoms with Crippen LogP contribution in [0.4, 0.5) is 0 Å². The summed E-state index contributed by atoms with van der Waals surface area (Å²) in [4.78, 5) is 11.5. The molecule has 1 N–H and O–H groups in total. The quantitative estimate of drug-likeness (QED) is 0.637. The molecule has 1 aliphatic rings. The molecule has 0 bridgehead atoms. The summed E-state index contributed by atoms with van der Waals surface area (Å²) in [6.07, 6.45) is 6.76. The van der Waals surface area contributed by atoms with Crippen LogP contribution in [0.5, 0.6) is 0 Å². The highest BCUT2D eigenvalue weighted by Crippen LogP contribution is 2.23. The minimum Gasteiger partial charge on any atom is -0.383 e. The molecule has 0 amide bonds. The molecular weight excluding hydrogens is 152 g/mol. The fraction of sp³-hybridized carbons (Fsp3) is 0.700. The zero-order valence-corrected chi connectivity index (χ0v) is 7.71. The molecule has 0 aromatic rings. The van der Waals surface area contributed by atoms with Gasteiger partial charge >= 0.3 is 0 Å². The van der Waals surface area contributed by atoms with E-state index in [0.29, 0.717) is 0 Å². The first kappa shape index (κ1) is 9.46. The van der Waals surface area contributed by atoms with Crippen molar-refractivity contribution in [2.75, 3.05) is 0 Å². The zero-order chi connectivity index (χ0) is 9.19. The summed E-state index contributed by atoms with van der Waals surface area (Å²) in [5.74, 6) is 0.0156. The van der Waals surface area contributed by atoms with Crippen molar-refractivity contribution < 1.29 is 9.90 Å². The lowest BCUT2D eigenvalue weighted by Gasteiger charge is -2.24. The molecule has 12 heavy (non-hydrogen) atoms. The normalized spacial score (nSPS) is 24.1. The maximum Gasteiger partial charge on any atom is 0.167 e. The van der Waals surface area contributed by atoms with E-state index in [1.54, 1.807) is 13.8 Å².